The number of carboxylic acid groups (broad SMARTS) is 1. The van der Waals surface area contributed by atoms with Crippen molar-refractivity contribution in [3.8, 4) is 0 Å². The lowest BCUT2D eigenvalue weighted by Crippen LogP contribution is -2.46. The Balaban J connectivity index is 2.37. The van der Waals surface area contributed by atoms with Crippen LogP contribution in [0.25, 0.3) is 0 Å². The van der Waals surface area contributed by atoms with Gasteiger partial charge >= 0.3 is 12.0 Å². The molecule has 19 heavy (non-hydrogen) atoms. The van der Waals surface area contributed by atoms with Crippen molar-refractivity contribution in [2.45, 2.75) is 43.3 Å². The zero-order chi connectivity index (χ0) is 14.3. The van der Waals surface area contributed by atoms with Gasteiger partial charge in [0.1, 0.15) is 0 Å². The Labute approximate surface area is 119 Å². The zero-order valence-corrected chi connectivity index (χ0v) is 12.6. The van der Waals surface area contributed by atoms with Crippen LogP contribution in [0.4, 0.5) is 4.79 Å². The summed E-state index contributed by atoms with van der Waals surface area (Å²) in [5.41, 5.74) is 0. The second-order valence-corrected chi connectivity index (χ2v) is 6.45. The molecule has 0 radical (unpaired) electrons. The van der Waals surface area contributed by atoms with Gasteiger partial charge in [0, 0.05) is 24.9 Å². The number of carbonyl (C=O) groups is 2. The molecule has 1 saturated carbocycles. The summed E-state index contributed by atoms with van der Waals surface area (Å²) in [6.07, 6.45) is 8.12. The highest BCUT2D eigenvalue weighted by Gasteiger charge is 2.31. The maximum atomic E-state index is 11.9. The number of carbonyl (C=O) groups excluding carboxylic acids is 1. The fraction of sp³-hybridized carbons (Fsp3) is 0.846. The van der Waals surface area contributed by atoms with Crippen molar-refractivity contribution in [3.05, 3.63) is 0 Å². The van der Waals surface area contributed by atoms with Crippen LogP contribution in [-0.2, 0) is 4.79 Å². The molecule has 0 saturated heterocycles. The second kappa shape index (κ2) is 7.62. The van der Waals surface area contributed by atoms with Gasteiger partial charge in [0.15, 0.2) is 0 Å². The zero-order valence-electron chi connectivity index (χ0n) is 11.8. The molecule has 5 nitrogen and oxygen atoms in total. The molecule has 2 amide bonds. The van der Waals surface area contributed by atoms with E-state index in [1.807, 2.05) is 11.8 Å². The molecule has 0 aromatic heterocycles. The Hall–Kier alpha value is -0.910. The van der Waals surface area contributed by atoms with Gasteiger partial charge in [-0.15, -0.1) is 0 Å². The van der Waals surface area contributed by atoms with E-state index in [1.165, 1.54) is 24.2 Å². The van der Waals surface area contributed by atoms with E-state index in [0.717, 1.165) is 12.8 Å². The van der Waals surface area contributed by atoms with Gasteiger partial charge in [0.25, 0.3) is 0 Å². The summed E-state index contributed by atoms with van der Waals surface area (Å²) in [5, 5.41) is 11.5. The molecule has 0 spiro atoms. The monoisotopic (exact) mass is 288 g/mol. The Morgan fingerprint density at radius 1 is 1.32 bits per heavy atom. The van der Waals surface area contributed by atoms with Gasteiger partial charge in [0.2, 0.25) is 0 Å². The Morgan fingerprint density at radius 3 is 2.47 bits per heavy atom. The van der Waals surface area contributed by atoms with Crippen LogP contribution in [0.5, 0.6) is 0 Å². The molecule has 6 heteroatoms. The number of thioether (sulfide) groups is 1. The van der Waals surface area contributed by atoms with Crippen molar-refractivity contribution >= 4 is 23.8 Å². The minimum atomic E-state index is -0.882. The molecule has 0 bridgehead atoms. The van der Waals surface area contributed by atoms with E-state index in [4.69, 9.17) is 5.11 Å². The first-order valence-corrected chi connectivity index (χ1v) is 7.97. The van der Waals surface area contributed by atoms with Crippen molar-refractivity contribution in [3.63, 3.8) is 0 Å². The first kappa shape index (κ1) is 16.1. The smallest absolute Gasteiger partial charge is 0.317 e. The average molecular weight is 288 g/mol. The summed E-state index contributed by atoms with van der Waals surface area (Å²) in [4.78, 5) is 23.8. The van der Waals surface area contributed by atoms with Crippen LogP contribution in [0.3, 0.4) is 0 Å². The van der Waals surface area contributed by atoms with Crippen LogP contribution >= 0.6 is 11.8 Å². The lowest BCUT2D eigenvalue weighted by atomic mass is 9.88. The SMILES string of the molecule is CSC1(CNC(=O)N(C)CCC(=O)O)CCCCC1. The summed E-state index contributed by atoms with van der Waals surface area (Å²) < 4.78 is 0.168. The van der Waals surface area contributed by atoms with Gasteiger partial charge < -0.3 is 15.3 Å². The molecule has 0 atom stereocenters. The fourth-order valence-electron chi connectivity index (χ4n) is 2.39. The molecule has 2 N–H and O–H groups in total. The Bertz CT molecular complexity index is 317. The molecule has 1 aliphatic rings. The third-order valence-electron chi connectivity index (χ3n) is 3.77. The molecule has 0 aliphatic heterocycles. The van der Waals surface area contributed by atoms with E-state index in [-0.39, 0.29) is 23.7 Å². The summed E-state index contributed by atoms with van der Waals surface area (Å²) in [6, 6.07) is -0.180. The van der Waals surface area contributed by atoms with Crippen molar-refractivity contribution in [1.29, 1.82) is 0 Å². The first-order valence-electron chi connectivity index (χ1n) is 6.75. The molecule has 0 unspecified atom stereocenters. The van der Waals surface area contributed by atoms with E-state index < -0.39 is 5.97 Å². The standard InChI is InChI=1S/C13H24N2O3S/c1-15(9-6-11(16)17)12(18)14-10-13(19-2)7-4-3-5-8-13/h3-10H2,1-2H3,(H,14,18)(H,16,17). The van der Waals surface area contributed by atoms with E-state index >= 15 is 0 Å². The minimum absolute atomic E-state index is 0.0163. The molecule has 0 heterocycles. The Morgan fingerprint density at radius 2 is 1.95 bits per heavy atom. The van der Waals surface area contributed by atoms with Gasteiger partial charge in [-0.2, -0.15) is 11.8 Å². The molecule has 1 aliphatic carbocycles. The van der Waals surface area contributed by atoms with Gasteiger partial charge in [0.05, 0.1) is 6.42 Å². The second-order valence-electron chi connectivity index (χ2n) is 5.17. The van der Waals surface area contributed by atoms with Gasteiger partial charge in [-0.05, 0) is 19.1 Å². The van der Waals surface area contributed by atoms with Crippen molar-refractivity contribution in [1.82, 2.24) is 10.2 Å². The first-order chi connectivity index (χ1) is 8.99. The molecule has 1 fully saturated rings. The lowest BCUT2D eigenvalue weighted by Gasteiger charge is -2.36. The number of urea groups is 1. The van der Waals surface area contributed by atoms with Crippen molar-refractivity contribution in [2.75, 3.05) is 26.4 Å². The van der Waals surface area contributed by atoms with E-state index in [1.54, 1.807) is 7.05 Å². The van der Waals surface area contributed by atoms with E-state index in [9.17, 15) is 9.59 Å². The number of carboxylic acids is 1. The van der Waals surface area contributed by atoms with Crippen molar-refractivity contribution in [2.24, 2.45) is 0 Å². The van der Waals surface area contributed by atoms with Crippen molar-refractivity contribution < 1.29 is 14.7 Å². The number of hydrogen-bond acceptors (Lipinski definition) is 3. The van der Waals surface area contributed by atoms with Crippen LogP contribution in [0.15, 0.2) is 0 Å². The van der Waals surface area contributed by atoms with E-state index in [0.29, 0.717) is 6.54 Å². The molecule has 0 aromatic carbocycles. The summed E-state index contributed by atoms with van der Waals surface area (Å²) in [7, 11) is 1.63. The number of nitrogens with zero attached hydrogens (tertiary/aromatic N) is 1. The minimum Gasteiger partial charge on any atom is -0.481 e. The van der Waals surface area contributed by atoms with Crippen LogP contribution in [0.2, 0.25) is 0 Å². The third-order valence-corrected chi connectivity index (χ3v) is 5.19. The molecule has 0 aromatic rings. The highest BCUT2D eigenvalue weighted by atomic mass is 32.2. The maximum Gasteiger partial charge on any atom is 0.317 e. The molecule has 1 rings (SSSR count). The Kier molecular flexibility index (Phi) is 6.48. The number of nitrogens with one attached hydrogen (secondary N) is 1. The largest absolute Gasteiger partial charge is 0.481 e. The topological polar surface area (TPSA) is 69.6 Å². The highest BCUT2D eigenvalue weighted by Crippen LogP contribution is 2.37. The summed E-state index contributed by atoms with van der Waals surface area (Å²) in [5.74, 6) is -0.882. The number of amides is 2. The third kappa shape index (κ3) is 5.30. The summed E-state index contributed by atoms with van der Waals surface area (Å²) >= 11 is 1.84. The molecular formula is C13H24N2O3S. The van der Waals surface area contributed by atoms with Crippen LogP contribution in [-0.4, -0.2) is 53.1 Å². The van der Waals surface area contributed by atoms with Gasteiger partial charge in [-0.3, -0.25) is 4.79 Å². The number of rotatable bonds is 6. The van der Waals surface area contributed by atoms with Crippen LogP contribution < -0.4 is 5.32 Å². The predicted octanol–water partition coefficient (Wildman–Crippen LogP) is 2.17. The number of aliphatic carboxylic acids is 1. The quantitative estimate of drug-likeness (QED) is 0.786. The highest BCUT2D eigenvalue weighted by molar-refractivity contribution is 8.00. The predicted molar refractivity (Wildman–Crippen MR) is 77.6 cm³/mol. The van der Waals surface area contributed by atoms with Gasteiger partial charge in [-0.25, -0.2) is 4.79 Å². The molecule has 110 valence electrons. The number of hydrogen-bond donors (Lipinski definition) is 2. The van der Waals surface area contributed by atoms with Gasteiger partial charge in [-0.1, -0.05) is 19.3 Å². The molecular weight excluding hydrogens is 264 g/mol. The summed E-state index contributed by atoms with van der Waals surface area (Å²) in [6.45, 7) is 0.915. The van der Waals surface area contributed by atoms with E-state index in [2.05, 4.69) is 11.6 Å². The lowest BCUT2D eigenvalue weighted by molar-refractivity contribution is -0.137. The normalized spacial score (nSPS) is 17.8. The van der Waals surface area contributed by atoms with Crippen LogP contribution in [0.1, 0.15) is 38.5 Å². The van der Waals surface area contributed by atoms with Crippen LogP contribution in [0, 0.1) is 0 Å². The average Bonchev–Trinajstić information content (AvgIpc) is 2.43. The fourth-order valence-corrected chi connectivity index (χ4v) is 3.30. The maximum absolute atomic E-state index is 11.9.